The van der Waals surface area contributed by atoms with Crippen molar-refractivity contribution >= 4 is 16.6 Å². The Labute approximate surface area is 119 Å². The molecule has 0 amide bonds. The number of hydrogen-bond donors (Lipinski definition) is 1. The fourth-order valence-electron chi connectivity index (χ4n) is 4.04. The van der Waals surface area contributed by atoms with E-state index >= 15 is 0 Å². The number of rotatable bonds is 2. The lowest BCUT2D eigenvalue weighted by Crippen LogP contribution is -2.26. The summed E-state index contributed by atoms with van der Waals surface area (Å²) in [5.41, 5.74) is 8.34. The number of nitrogens with two attached hydrogens (primary N) is 1. The number of ether oxygens (including phenoxy) is 1. The van der Waals surface area contributed by atoms with Gasteiger partial charge in [0.05, 0.1) is 17.2 Å². The molecule has 1 aromatic heterocycles. The Balaban J connectivity index is 1.55. The molecule has 20 heavy (non-hydrogen) atoms. The van der Waals surface area contributed by atoms with E-state index in [1.165, 1.54) is 44.0 Å². The van der Waals surface area contributed by atoms with Crippen molar-refractivity contribution < 1.29 is 4.74 Å². The maximum Gasteiger partial charge on any atom is 0.0762 e. The summed E-state index contributed by atoms with van der Waals surface area (Å²) in [5, 5.41) is 1.15. The molecular weight excluding hydrogens is 248 g/mol. The Bertz CT molecular complexity index is 625. The van der Waals surface area contributed by atoms with Crippen molar-refractivity contribution in [1.82, 2.24) is 4.57 Å². The average molecular weight is 270 g/mol. The first-order chi connectivity index (χ1) is 9.76. The van der Waals surface area contributed by atoms with Gasteiger partial charge < -0.3 is 15.0 Å². The van der Waals surface area contributed by atoms with Crippen LogP contribution in [0.2, 0.25) is 0 Å². The normalized spacial score (nSPS) is 24.9. The van der Waals surface area contributed by atoms with Gasteiger partial charge in [-0.2, -0.15) is 0 Å². The summed E-state index contributed by atoms with van der Waals surface area (Å²) in [7, 11) is 0. The minimum absolute atomic E-state index is 0.229. The molecule has 2 heterocycles. The molecule has 3 heteroatoms. The van der Waals surface area contributed by atoms with Gasteiger partial charge in [-0.3, -0.25) is 0 Å². The van der Waals surface area contributed by atoms with Gasteiger partial charge in [0.25, 0.3) is 0 Å². The number of nitrogens with zero attached hydrogens (tertiary/aromatic N) is 1. The predicted molar refractivity (Wildman–Crippen MR) is 81.7 cm³/mol. The highest BCUT2D eigenvalue weighted by Crippen LogP contribution is 2.43. The molecule has 2 aliphatic rings. The van der Waals surface area contributed by atoms with Crippen LogP contribution in [0.4, 0.5) is 5.69 Å². The molecule has 3 nitrogen and oxygen atoms in total. The summed E-state index contributed by atoms with van der Waals surface area (Å²) < 4.78 is 8.71. The standard InChI is InChI=1S/C17H22N2O/c18-15-4-3-5-16-14(15)7-11-19(16)12-13-6-10-17(20-13)8-1-2-9-17/h3-5,7,11,13H,1-2,6,8-10,12,18H2. The van der Waals surface area contributed by atoms with Gasteiger partial charge in [0.2, 0.25) is 0 Å². The van der Waals surface area contributed by atoms with E-state index in [0.29, 0.717) is 6.10 Å². The number of nitrogen functional groups attached to an aromatic ring is 1. The van der Waals surface area contributed by atoms with E-state index < -0.39 is 0 Å². The molecule has 1 saturated carbocycles. The highest BCUT2D eigenvalue weighted by molar-refractivity contribution is 5.91. The number of anilines is 1. The van der Waals surface area contributed by atoms with Crippen LogP contribution in [0, 0.1) is 0 Å². The predicted octanol–water partition coefficient (Wildman–Crippen LogP) is 3.72. The molecule has 106 valence electrons. The number of aromatic nitrogens is 1. The highest BCUT2D eigenvalue weighted by Gasteiger charge is 2.42. The minimum atomic E-state index is 0.229. The highest BCUT2D eigenvalue weighted by atomic mass is 16.5. The second-order valence-corrected chi connectivity index (χ2v) is 6.42. The monoisotopic (exact) mass is 270 g/mol. The fourth-order valence-corrected chi connectivity index (χ4v) is 4.04. The van der Waals surface area contributed by atoms with Crippen LogP contribution in [0.15, 0.2) is 30.5 Å². The van der Waals surface area contributed by atoms with Gasteiger partial charge in [0.1, 0.15) is 0 Å². The lowest BCUT2D eigenvalue weighted by molar-refractivity contribution is -0.0414. The smallest absolute Gasteiger partial charge is 0.0762 e. The van der Waals surface area contributed by atoms with E-state index in [9.17, 15) is 0 Å². The van der Waals surface area contributed by atoms with Gasteiger partial charge in [-0.15, -0.1) is 0 Å². The van der Waals surface area contributed by atoms with Gasteiger partial charge >= 0.3 is 0 Å². The zero-order valence-electron chi connectivity index (χ0n) is 11.8. The molecule has 1 aromatic carbocycles. The summed E-state index contributed by atoms with van der Waals surface area (Å²) in [5.74, 6) is 0. The van der Waals surface area contributed by atoms with Crippen LogP contribution in [0.5, 0.6) is 0 Å². The molecule has 1 aliphatic carbocycles. The molecule has 1 atom stereocenters. The van der Waals surface area contributed by atoms with Crippen LogP contribution in [0.1, 0.15) is 38.5 Å². The molecule has 1 spiro atoms. The third-order valence-electron chi connectivity index (χ3n) is 5.10. The molecule has 4 rings (SSSR count). The van der Waals surface area contributed by atoms with Crippen LogP contribution in [0.3, 0.4) is 0 Å². The lowest BCUT2D eigenvalue weighted by Gasteiger charge is -2.24. The Morgan fingerprint density at radius 2 is 2.05 bits per heavy atom. The molecule has 2 fully saturated rings. The second-order valence-electron chi connectivity index (χ2n) is 6.42. The van der Waals surface area contributed by atoms with Crippen molar-refractivity contribution in [2.75, 3.05) is 5.73 Å². The quantitative estimate of drug-likeness (QED) is 0.845. The van der Waals surface area contributed by atoms with Gasteiger partial charge in [-0.05, 0) is 43.9 Å². The van der Waals surface area contributed by atoms with E-state index in [-0.39, 0.29) is 5.60 Å². The fraction of sp³-hybridized carbons (Fsp3) is 0.529. The van der Waals surface area contributed by atoms with Crippen LogP contribution >= 0.6 is 0 Å². The first-order valence-electron chi connectivity index (χ1n) is 7.77. The summed E-state index contributed by atoms with van der Waals surface area (Å²) in [6, 6.07) is 8.26. The molecule has 1 saturated heterocycles. The summed E-state index contributed by atoms with van der Waals surface area (Å²) in [6.07, 6.45) is 10.2. The van der Waals surface area contributed by atoms with Crippen LogP contribution in [0.25, 0.3) is 10.9 Å². The molecule has 1 aliphatic heterocycles. The van der Waals surface area contributed by atoms with Crippen LogP contribution in [-0.4, -0.2) is 16.3 Å². The van der Waals surface area contributed by atoms with Crippen molar-refractivity contribution in [3.8, 4) is 0 Å². The van der Waals surface area contributed by atoms with E-state index in [0.717, 1.165) is 17.6 Å². The molecule has 1 unspecified atom stereocenters. The zero-order valence-corrected chi connectivity index (χ0v) is 11.8. The topological polar surface area (TPSA) is 40.2 Å². The van der Waals surface area contributed by atoms with Crippen molar-refractivity contribution in [2.45, 2.75) is 56.8 Å². The first kappa shape index (κ1) is 12.3. The van der Waals surface area contributed by atoms with Crippen LogP contribution < -0.4 is 5.73 Å². The zero-order chi connectivity index (χ0) is 13.6. The number of fused-ring (bicyclic) bond motifs is 1. The summed E-state index contributed by atoms with van der Waals surface area (Å²) in [6.45, 7) is 0.953. The van der Waals surface area contributed by atoms with Crippen molar-refractivity contribution in [3.63, 3.8) is 0 Å². The molecule has 2 aromatic rings. The van der Waals surface area contributed by atoms with Gasteiger partial charge in [0, 0.05) is 23.8 Å². The number of benzene rings is 1. The Morgan fingerprint density at radius 3 is 2.90 bits per heavy atom. The third-order valence-corrected chi connectivity index (χ3v) is 5.10. The number of hydrogen-bond acceptors (Lipinski definition) is 2. The summed E-state index contributed by atoms with van der Waals surface area (Å²) in [4.78, 5) is 0. The molecular formula is C17H22N2O. The minimum Gasteiger partial charge on any atom is -0.398 e. The molecule has 2 N–H and O–H groups in total. The van der Waals surface area contributed by atoms with Crippen LogP contribution in [-0.2, 0) is 11.3 Å². The first-order valence-corrected chi connectivity index (χ1v) is 7.77. The Kier molecular flexibility index (Phi) is 2.77. The lowest BCUT2D eigenvalue weighted by atomic mass is 9.98. The maximum atomic E-state index is 6.41. The van der Waals surface area contributed by atoms with Gasteiger partial charge in [-0.1, -0.05) is 18.9 Å². The SMILES string of the molecule is Nc1cccc2c1ccn2CC1CCC2(CCCC2)O1. The average Bonchev–Trinajstić information content (AvgIpc) is 3.15. The van der Waals surface area contributed by atoms with E-state index in [1.54, 1.807) is 0 Å². The maximum absolute atomic E-state index is 6.41. The Morgan fingerprint density at radius 1 is 1.20 bits per heavy atom. The molecule has 0 radical (unpaired) electrons. The van der Waals surface area contributed by atoms with Gasteiger partial charge in [-0.25, -0.2) is 0 Å². The van der Waals surface area contributed by atoms with E-state index in [1.807, 2.05) is 12.1 Å². The van der Waals surface area contributed by atoms with E-state index in [2.05, 4.69) is 22.9 Å². The molecule has 0 bridgehead atoms. The van der Waals surface area contributed by atoms with E-state index in [4.69, 9.17) is 10.5 Å². The Hall–Kier alpha value is -1.48. The second kappa shape index (κ2) is 4.52. The van der Waals surface area contributed by atoms with Crippen molar-refractivity contribution in [2.24, 2.45) is 0 Å². The third kappa shape index (κ3) is 1.92. The largest absolute Gasteiger partial charge is 0.398 e. The van der Waals surface area contributed by atoms with Crippen molar-refractivity contribution in [3.05, 3.63) is 30.5 Å². The van der Waals surface area contributed by atoms with Gasteiger partial charge in [0.15, 0.2) is 0 Å². The summed E-state index contributed by atoms with van der Waals surface area (Å²) >= 11 is 0. The van der Waals surface area contributed by atoms with Crippen molar-refractivity contribution in [1.29, 1.82) is 0 Å².